The third-order valence-corrected chi connectivity index (χ3v) is 16.4. The van der Waals surface area contributed by atoms with Crippen LogP contribution in [0.5, 0.6) is 0 Å². The summed E-state index contributed by atoms with van der Waals surface area (Å²) in [5.74, 6) is -1.46. The highest BCUT2D eigenvalue weighted by atomic mass is 28.4. The van der Waals surface area contributed by atoms with Crippen LogP contribution in [-0.4, -0.2) is 138 Å². The van der Waals surface area contributed by atoms with Crippen LogP contribution in [0.15, 0.2) is 24.5 Å². The number of hydrogen-bond acceptors (Lipinski definition) is 15. The highest BCUT2D eigenvalue weighted by molar-refractivity contribution is 6.66. The van der Waals surface area contributed by atoms with Gasteiger partial charge in [-0.1, -0.05) is 110 Å². The molecule has 2 atom stereocenters. The minimum Gasteiger partial charge on any atom is -0.502 e. The van der Waals surface area contributed by atoms with Gasteiger partial charge in [-0.2, -0.15) is 0 Å². The van der Waals surface area contributed by atoms with Crippen LogP contribution >= 0.6 is 0 Å². The second kappa shape index (κ2) is 50.2. The van der Waals surface area contributed by atoms with Crippen molar-refractivity contribution in [3.05, 3.63) is 24.5 Å². The molecule has 0 fully saturated rings. The minimum atomic E-state index is -2.69. The van der Waals surface area contributed by atoms with Crippen molar-refractivity contribution in [2.45, 2.75) is 208 Å². The van der Waals surface area contributed by atoms with Crippen LogP contribution in [0.4, 0.5) is 0 Å². The van der Waals surface area contributed by atoms with E-state index in [-0.39, 0.29) is 12.1 Å². The predicted octanol–water partition coefficient (Wildman–Crippen LogP) is 12.9. The number of carbonyl (C=O) groups is 1. The first-order chi connectivity index (χ1) is 33.0. The van der Waals surface area contributed by atoms with Gasteiger partial charge in [0.1, 0.15) is 6.10 Å². The van der Waals surface area contributed by atoms with Crippen LogP contribution in [0.3, 0.4) is 0 Å². The van der Waals surface area contributed by atoms with Crippen LogP contribution in [-0.2, 0) is 69.2 Å². The predicted molar refractivity (Wildman–Crippen MR) is 284 cm³/mol. The Morgan fingerprint density at radius 1 is 0.594 bits per heavy atom. The zero-order valence-corrected chi connectivity index (χ0v) is 49.8. The lowest BCUT2D eigenvalue weighted by Crippen LogP contribution is -2.48. The minimum absolute atomic E-state index is 0.205. The second-order valence-electron chi connectivity index (χ2n) is 16.8. The zero-order valence-electron chi connectivity index (χ0n) is 47.8. The molecule has 0 saturated heterocycles. The molecule has 416 valence electrons. The van der Waals surface area contributed by atoms with Gasteiger partial charge in [0.2, 0.25) is 0 Å². The number of carbonyl (C=O) groups excluding carboxylic acids is 1. The SMILES string of the molecule is C=C(C)C(=O)OCCC[Si](C)(OCC)OCC.CCC=COCCCC(CCCCCCCC)C(C)(OCC)OCC.CCCCCCCCC(OC)C(OC)(OC)OC.CO[Si](OC)(OC)OC. The van der Waals surface area contributed by atoms with Gasteiger partial charge in [0.05, 0.1) is 19.5 Å². The normalized spacial score (nSPS) is 12.8. The summed E-state index contributed by atoms with van der Waals surface area (Å²) in [7, 11) is 7.57. The van der Waals surface area contributed by atoms with Crippen molar-refractivity contribution < 1.29 is 69.2 Å². The number of methoxy groups -OCH3 is 4. The first-order valence-corrected chi connectivity index (χ1v) is 30.2. The lowest BCUT2D eigenvalue weighted by molar-refractivity contribution is -0.392. The molecule has 0 amide bonds. The Morgan fingerprint density at radius 3 is 1.42 bits per heavy atom. The Morgan fingerprint density at radius 2 is 1.04 bits per heavy atom. The van der Waals surface area contributed by atoms with Crippen LogP contribution < -0.4 is 0 Å². The highest BCUT2D eigenvalue weighted by Crippen LogP contribution is 2.32. The highest BCUT2D eigenvalue weighted by Gasteiger charge is 2.41. The van der Waals surface area contributed by atoms with E-state index in [4.69, 9.17) is 64.5 Å². The largest absolute Gasteiger partial charge is 0.678 e. The quantitative estimate of drug-likeness (QED) is 0.0142. The van der Waals surface area contributed by atoms with Gasteiger partial charge in [-0.3, -0.25) is 0 Å². The van der Waals surface area contributed by atoms with Gasteiger partial charge in [0.15, 0.2) is 5.79 Å². The molecular formula is C52H110O15Si2. The summed E-state index contributed by atoms with van der Waals surface area (Å²) in [6.45, 7) is 27.9. The number of allylic oxidation sites excluding steroid dienone is 1. The van der Waals surface area contributed by atoms with Gasteiger partial charge in [0, 0.05) is 94.8 Å². The molecule has 15 nitrogen and oxygen atoms in total. The number of esters is 1. The molecular weight excluding hydrogens is 921 g/mol. The molecule has 2 unspecified atom stereocenters. The fourth-order valence-electron chi connectivity index (χ4n) is 7.51. The van der Waals surface area contributed by atoms with E-state index in [0.717, 1.165) is 51.2 Å². The maximum absolute atomic E-state index is 11.1. The van der Waals surface area contributed by atoms with Crippen molar-refractivity contribution in [3.8, 4) is 0 Å². The number of unbranched alkanes of at least 4 members (excludes halogenated alkanes) is 10. The van der Waals surface area contributed by atoms with Crippen molar-refractivity contribution >= 4 is 23.6 Å². The molecule has 0 bridgehead atoms. The lowest BCUT2D eigenvalue weighted by atomic mass is 9.88. The first kappa shape index (κ1) is 74.2. The van der Waals surface area contributed by atoms with E-state index < -0.39 is 29.4 Å². The fraction of sp³-hybridized carbons (Fsp3) is 0.904. The average Bonchev–Trinajstić information content (AvgIpc) is 3.34. The Balaban J connectivity index is -0.000000429. The molecule has 0 saturated carbocycles. The summed E-state index contributed by atoms with van der Waals surface area (Å²) in [5.41, 5.74) is 0.430. The Hall–Kier alpha value is -1.30. The summed E-state index contributed by atoms with van der Waals surface area (Å²) in [4.78, 5) is 11.1. The van der Waals surface area contributed by atoms with E-state index in [0.29, 0.717) is 44.5 Å². The van der Waals surface area contributed by atoms with E-state index in [1.165, 1.54) is 105 Å². The molecule has 0 N–H and O–H groups in total. The maximum Gasteiger partial charge on any atom is 0.678 e. The van der Waals surface area contributed by atoms with Crippen LogP contribution in [0.2, 0.25) is 12.6 Å². The molecule has 0 aliphatic heterocycles. The van der Waals surface area contributed by atoms with Crippen molar-refractivity contribution in [2.75, 3.05) is 96.5 Å². The van der Waals surface area contributed by atoms with Crippen LogP contribution in [0, 0.1) is 5.92 Å². The van der Waals surface area contributed by atoms with Crippen LogP contribution in [0.1, 0.15) is 178 Å². The Labute approximate surface area is 426 Å². The monoisotopic (exact) mass is 1030 g/mol. The molecule has 0 heterocycles. The average molecular weight is 1030 g/mol. The van der Waals surface area contributed by atoms with E-state index in [1.807, 2.05) is 26.7 Å². The molecule has 0 aliphatic carbocycles. The Kier molecular flexibility index (Phi) is 54.1. The van der Waals surface area contributed by atoms with Crippen molar-refractivity contribution in [2.24, 2.45) is 5.92 Å². The van der Waals surface area contributed by atoms with Crippen molar-refractivity contribution in [1.29, 1.82) is 0 Å². The molecule has 0 spiro atoms. The summed E-state index contributed by atoms with van der Waals surface area (Å²) >= 11 is 0. The first-order valence-electron chi connectivity index (χ1n) is 26.1. The summed E-state index contributed by atoms with van der Waals surface area (Å²) in [6, 6.07) is 0.831. The third-order valence-electron chi connectivity index (χ3n) is 11.4. The van der Waals surface area contributed by atoms with Gasteiger partial charge >= 0.3 is 29.6 Å². The molecule has 0 aliphatic rings. The summed E-state index contributed by atoms with van der Waals surface area (Å²) in [6.07, 6.45) is 25.1. The van der Waals surface area contributed by atoms with E-state index in [9.17, 15) is 4.79 Å². The fourth-order valence-corrected chi connectivity index (χ4v) is 10.9. The van der Waals surface area contributed by atoms with E-state index >= 15 is 0 Å². The number of ether oxygens (including phenoxy) is 8. The van der Waals surface area contributed by atoms with Crippen LogP contribution in [0.25, 0.3) is 0 Å². The zero-order chi connectivity index (χ0) is 53.3. The van der Waals surface area contributed by atoms with Gasteiger partial charge in [-0.25, -0.2) is 4.79 Å². The van der Waals surface area contributed by atoms with E-state index in [1.54, 1.807) is 35.4 Å². The molecule has 17 heteroatoms. The van der Waals surface area contributed by atoms with Gasteiger partial charge in [-0.15, -0.1) is 0 Å². The standard InChI is InChI=1S/C22H44O3.C14H30O4.C12H24O4Si.C4H12O4Si/c1-6-10-12-13-14-15-17-21(18-16-20-23-19-11-7-2)22(5,24-8-3)25-9-4;1-6-7-8-9-10-11-12-13(15-2)14(16-3,17-4)18-5;1-6-15-17(5,16-7-2)10-8-9-14-12(13)11(3)4;1-5-9(6-2,7-3)8-4/h11,19,21H,6-10,12-18,20H2,1-5H3;13H,6-12H2,1-5H3;3,6-10H2,1-2,4-5H3;1-4H3. The molecule has 0 aromatic carbocycles. The summed E-state index contributed by atoms with van der Waals surface area (Å²) < 4.78 is 74.9. The topological polar surface area (TPSA) is 146 Å². The van der Waals surface area contributed by atoms with Crippen molar-refractivity contribution in [3.63, 3.8) is 0 Å². The smallest absolute Gasteiger partial charge is 0.502 e. The molecule has 0 radical (unpaired) electrons. The molecule has 0 aromatic rings. The number of rotatable bonds is 43. The Bertz CT molecular complexity index is 1100. The maximum atomic E-state index is 11.1. The van der Waals surface area contributed by atoms with Crippen molar-refractivity contribution in [1.82, 2.24) is 0 Å². The summed E-state index contributed by atoms with van der Waals surface area (Å²) in [5, 5.41) is 0. The second-order valence-corrected chi connectivity index (χ2v) is 22.7. The van der Waals surface area contributed by atoms with E-state index in [2.05, 4.69) is 54.2 Å². The molecule has 0 aromatic heterocycles. The lowest BCUT2D eigenvalue weighted by Gasteiger charge is -2.37. The van der Waals surface area contributed by atoms with Gasteiger partial charge in [-0.05, 0) is 92.7 Å². The third kappa shape index (κ3) is 38.0. The molecule has 69 heavy (non-hydrogen) atoms. The number of hydrogen-bond donors (Lipinski definition) is 0. The van der Waals surface area contributed by atoms with Gasteiger partial charge in [0.25, 0.3) is 0 Å². The van der Waals surface area contributed by atoms with Gasteiger partial charge < -0.3 is 64.5 Å². The molecule has 0 rings (SSSR count).